The fraction of sp³-hybridized carbons (Fsp3) is 0.545. The smallest absolute Gasteiger partial charge is 0.237 e. The maximum atomic E-state index is 11.7. The number of hydrogen-bond donors (Lipinski definition) is 2. The largest absolute Gasteiger partial charge is 0.355 e. The minimum absolute atomic E-state index is 0.0247. The van der Waals surface area contributed by atoms with Gasteiger partial charge in [-0.15, -0.1) is 11.3 Å². The highest BCUT2D eigenvalue weighted by atomic mass is 79.9. The van der Waals surface area contributed by atoms with Crippen molar-refractivity contribution in [3.05, 3.63) is 20.8 Å². The SMILES string of the molecule is O=C1NCCCCC1NCc1cc(Br)cs1. The number of amides is 1. The predicted octanol–water partition coefficient (Wildman–Crippen LogP) is 2.27. The van der Waals surface area contributed by atoms with Crippen molar-refractivity contribution in [3.63, 3.8) is 0 Å². The van der Waals surface area contributed by atoms with E-state index in [1.54, 1.807) is 11.3 Å². The van der Waals surface area contributed by atoms with Crippen LogP contribution in [0.1, 0.15) is 24.1 Å². The molecule has 0 spiro atoms. The van der Waals surface area contributed by atoms with Gasteiger partial charge in [-0.2, -0.15) is 0 Å². The summed E-state index contributed by atoms with van der Waals surface area (Å²) in [6, 6.07) is 2.06. The van der Waals surface area contributed by atoms with Gasteiger partial charge in [-0.1, -0.05) is 0 Å². The molecule has 0 aromatic carbocycles. The Hall–Kier alpha value is -0.390. The highest BCUT2D eigenvalue weighted by Gasteiger charge is 2.19. The van der Waals surface area contributed by atoms with E-state index in [9.17, 15) is 4.79 Å². The number of carbonyl (C=O) groups excluding carboxylic acids is 1. The Balaban J connectivity index is 1.86. The molecule has 0 aliphatic carbocycles. The molecule has 1 saturated heterocycles. The molecule has 1 aromatic heterocycles. The Morgan fingerprint density at radius 2 is 2.44 bits per heavy atom. The Labute approximate surface area is 108 Å². The molecule has 1 aliphatic rings. The third kappa shape index (κ3) is 3.30. The van der Waals surface area contributed by atoms with Crippen LogP contribution in [0.15, 0.2) is 15.9 Å². The minimum atomic E-state index is -0.0247. The molecule has 1 aromatic rings. The molecule has 1 aliphatic heterocycles. The fourth-order valence-electron chi connectivity index (χ4n) is 1.80. The summed E-state index contributed by atoms with van der Waals surface area (Å²) in [5.74, 6) is 0.146. The molecule has 3 nitrogen and oxygen atoms in total. The van der Waals surface area contributed by atoms with Crippen LogP contribution in [0.5, 0.6) is 0 Å². The Morgan fingerprint density at radius 3 is 3.19 bits per heavy atom. The predicted molar refractivity (Wildman–Crippen MR) is 69.5 cm³/mol. The molecule has 2 heterocycles. The van der Waals surface area contributed by atoms with Crippen LogP contribution in [0.4, 0.5) is 0 Å². The minimum Gasteiger partial charge on any atom is -0.355 e. The number of rotatable bonds is 3. The van der Waals surface area contributed by atoms with E-state index in [1.807, 2.05) is 0 Å². The summed E-state index contributed by atoms with van der Waals surface area (Å²) in [5.41, 5.74) is 0. The first-order valence-electron chi connectivity index (χ1n) is 5.50. The van der Waals surface area contributed by atoms with Gasteiger partial charge in [-0.3, -0.25) is 4.79 Å². The lowest BCUT2D eigenvalue weighted by atomic mass is 10.1. The van der Waals surface area contributed by atoms with Gasteiger partial charge in [0.2, 0.25) is 5.91 Å². The Morgan fingerprint density at radius 1 is 1.56 bits per heavy atom. The average molecular weight is 303 g/mol. The molecule has 5 heteroatoms. The van der Waals surface area contributed by atoms with Gasteiger partial charge in [0.15, 0.2) is 0 Å². The van der Waals surface area contributed by atoms with Crippen molar-refractivity contribution in [2.45, 2.75) is 31.8 Å². The van der Waals surface area contributed by atoms with Gasteiger partial charge in [0.05, 0.1) is 6.04 Å². The number of thiophene rings is 1. The highest BCUT2D eigenvalue weighted by molar-refractivity contribution is 9.10. The van der Waals surface area contributed by atoms with E-state index in [0.29, 0.717) is 0 Å². The van der Waals surface area contributed by atoms with Gasteiger partial charge in [-0.25, -0.2) is 0 Å². The Bertz CT molecular complexity index is 367. The van der Waals surface area contributed by atoms with Crippen molar-refractivity contribution in [1.82, 2.24) is 10.6 Å². The van der Waals surface area contributed by atoms with Gasteiger partial charge >= 0.3 is 0 Å². The summed E-state index contributed by atoms with van der Waals surface area (Å²) >= 11 is 5.13. The van der Waals surface area contributed by atoms with Crippen molar-refractivity contribution in [3.8, 4) is 0 Å². The quantitative estimate of drug-likeness (QED) is 0.899. The van der Waals surface area contributed by atoms with Gasteiger partial charge < -0.3 is 10.6 Å². The van der Waals surface area contributed by atoms with Gasteiger partial charge in [0, 0.05) is 27.8 Å². The third-order valence-corrected chi connectivity index (χ3v) is 4.38. The van der Waals surface area contributed by atoms with E-state index in [1.165, 1.54) is 4.88 Å². The van der Waals surface area contributed by atoms with E-state index in [2.05, 4.69) is 38.0 Å². The van der Waals surface area contributed by atoms with Crippen LogP contribution in [0.3, 0.4) is 0 Å². The van der Waals surface area contributed by atoms with Crippen LogP contribution in [0, 0.1) is 0 Å². The summed E-state index contributed by atoms with van der Waals surface area (Å²) in [6.07, 6.45) is 3.15. The summed E-state index contributed by atoms with van der Waals surface area (Å²) in [5, 5.41) is 8.31. The van der Waals surface area contributed by atoms with Crippen LogP contribution in [-0.2, 0) is 11.3 Å². The zero-order valence-corrected chi connectivity index (χ0v) is 11.4. The number of halogens is 1. The van der Waals surface area contributed by atoms with E-state index in [4.69, 9.17) is 0 Å². The molecule has 1 unspecified atom stereocenters. The molecule has 1 fully saturated rings. The first kappa shape index (κ1) is 12.1. The molecular formula is C11H15BrN2OS. The molecule has 1 amide bonds. The van der Waals surface area contributed by atoms with Crippen molar-refractivity contribution in [2.75, 3.05) is 6.54 Å². The van der Waals surface area contributed by atoms with Crippen LogP contribution in [-0.4, -0.2) is 18.5 Å². The van der Waals surface area contributed by atoms with Crippen molar-refractivity contribution in [1.29, 1.82) is 0 Å². The number of hydrogen-bond acceptors (Lipinski definition) is 3. The zero-order valence-electron chi connectivity index (χ0n) is 8.96. The van der Waals surface area contributed by atoms with Gasteiger partial charge in [0.1, 0.15) is 0 Å². The third-order valence-electron chi connectivity index (χ3n) is 2.68. The molecular weight excluding hydrogens is 288 g/mol. The van der Waals surface area contributed by atoms with Crippen molar-refractivity contribution >= 4 is 33.2 Å². The second-order valence-corrected chi connectivity index (χ2v) is 5.86. The lowest BCUT2D eigenvalue weighted by Crippen LogP contribution is -2.42. The second-order valence-electron chi connectivity index (χ2n) is 3.95. The van der Waals surface area contributed by atoms with Crippen LogP contribution < -0.4 is 10.6 Å². The first-order valence-corrected chi connectivity index (χ1v) is 7.17. The van der Waals surface area contributed by atoms with E-state index >= 15 is 0 Å². The fourth-order valence-corrected chi connectivity index (χ4v) is 3.21. The standard InChI is InChI=1S/C11H15BrN2OS/c12-8-5-9(16-7-8)6-14-10-3-1-2-4-13-11(10)15/h5,7,10,14H,1-4,6H2,(H,13,15). The topological polar surface area (TPSA) is 41.1 Å². The van der Waals surface area contributed by atoms with Crippen molar-refractivity contribution < 1.29 is 4.79 Å². The molecule has 0 radical (unpaired) electrons. The highest BCUT2D eigenvalue weighted by Crippen LogP contribution is 2.19. The van der Waals surface area contributed by atoms with Crippen LogP contribution in [0.2, 0.25) is 0 Å². The summed E-state index contributed by atoms with van der Waals surface area (Å²) < 4.78 is 1.11. The maximum Gasteiger partial charge on any atom is 0.237 e. The lowest BCUT2D eigenvalue weighted by molar-refractivity contribution is -0.122. The van der Waals surface area contributed by atoms with Gasteiger partial charge in [0.25, 0.3) is 0 Å². The molecule has 2 rings (SSSR count). The average Bonchev–Trinajstić information content (AvgIpc) is 2.56. The molecule has 88 valence electrons. The zero-order chi connectivity index (χ0) is 11.4. The summed E-state index contributed by atoms with van der Waals surface area (Å²) in [4.78, 5) is 12.9. The molecule has 0 saturated carbocycles. The molecule has 2 N–H and O–H groups in total. The summed E-state index contributed by atoms with van der Waals surface area (Å²) in [6.45, 7) is 1.59. The van der Waals surface area contributed by atoms with E-state index < -0.39 is 0 Å². The lowest BCUT2D eigenvalue weighted by Gasteiger charge is -2.14. The second kappa shape index (κ2) is 5.80. The monoisotopic (exact) mass is 302 g/mol. The maximum absolute atomic E-state index is 11.7. The number of carbonyl (C=O) groups is 1. The molecule has 0 bridgehead atoms. The van der Waals surface area contributed by atoms with E-state index in [-0.39, 0.29) is 11.9 Å². The van der Waals surface area contributed by atoms with E-state index in [0.717, 1.165) is 36.8 Å². The Kier molecular flexibility index (Phi) is 4.37. The van der Waals surface area contributed by atoms with Crippen LogP contribution in [0.25, 0.3) is 0 Å². The van der Waals surface area contributed by atoms with Crippen LogP contribution >= 0.6 is 27.3 Å². The molecule has 16 heavy (non-hydrogen) atoms. The molecule has 1 atom stereocenters. The van der Waals surface area contributed by atoms with Gasteiger partial charge in [-0.05, 0) is 41.3 Å². The normalized spacial score (nSPS) is 21.6. The first-order chi connectivity index (χ1) is 7.75. The summed E-state index contributed by atoms with van der Waals surface area (Å²) in [7, 11) is 0. The number of nitrogens with one attached hydrogen (secondary N) is 2. The van der Waals surface area contributed by atoms with Crippen molar-refractivity contribution in [2.24, 2.45) is 0 Å².